The molecule has 3 rings (SSSR count). The molecular weight excluding hydrogens is 269 g/mol. The summed E-state index contributed by atoms with van der Waals surface area (Å²) in [7, 11) is 0. The molecule has 0 unspecified atom stereocenters. The Labute approximate surface area is 123 Å². The van der Waals surface area contributed by atoms with Gasteiger partial charge in [-0.3, -0.25) is 0 Å². The van der Waals surface area contributed by atoms with Crippen LogP contribution in [0.3, 0.4) is 0 Å². The molecule has 3 nitrogen and oxygen atoms in total. The second kappa shape index (κ2) is 5.84. The van der Waals surface area contributed by atoms with Crippen molar-refractivity contribution in [3.63, 3.8) is 0 Å². The highest BCUT2D eigenvalue weighted by Gasteiger charge is 2.20. The molecule has 21 heavy (non-hydrogen) atoms. The monoisotopic (exact) mass is 287 g/mol. The lowest BCUT2D eigenvalue weighted by Gasteiger charge is -2.23. The van der Waals surface area contributed by atoms with Crippen LogP contribution in [0.1, 0.15) is 11.1 Å². The molecule has 0 aliphatic heterocycles. The zero-order valence-corrected chi connectivity index (χ0v) is 11.7. The van der Waals surface area contributed by atoms with Crippen LogP contribution in [0.25, 0.3) is 11.1 Å². The highest BCUT2D eigenvalue weighted by molar-refractivity contribution is 5.78. The molecule has 4 heteroatoms. The highest BCUT2D eigenvalue weighted by Crippen LogP contribution is 2.38. The molecule has 1 aliphatic rings. The van der Waals surface area contributed by atoms with Crippen LogP contribution >= 0.6 is 0 Å². The van der Waals surface area contributed by atoms with Crippen molar-refractivity contribution in [2.45, 2.75) is 6.42 Å². The molecular formula is C17H18FNO2. The number of anilines is 1. The molecule has 0 spiro atoms. The van der Waals surface area contributed by atoms with Gasteiger partial charge < -0.3 is 15.1 Å². The Kier molecular flexibility index (Phi) is 3.90. The topological polar surface area (TPSA) is 43.7 Å². The van der Waals surface area contributed by atoms with Crippen molar-refractivity contribution in [2.24, 2.45) is 0 Å². The molecule has 2 N–H and O–H groups in total. The number of aliphatic hydroxyl groups is 2. The Hall–Kier alpha value is -1.91. The normalized spacial score (nSPS) is 12.1. The lowest BCUT2D eigenvalue weighted by Crippen LogP contribution is -2.29. The van der Waals surface area contributed by atoms with Crippen LogP contribution in [0.5, 0.6) is 0 Å². The Morgan fingerprint density at radius 3 is 2.19 bits per heavy atom. The van der Waals surface area contributed by atoms with E-state index in [2.05, 4.69) is 6.07 Å². The summed E-state index contributed by atoms with van der Waals surface area (Å²) in [5.74, 6) is -0.205. The fourth-order valence-electron chi connectivity index (χ4n) is 2.97. The SMILES string of the molecule is OCCN(CCO)c1ccc2c(c1)Cc1cc(F)ccc1-2. The number of hydrogen-bond acceptors (Lipinski definition) is 3. The van der Waals surface area contributed by atoms with E-state index in [1.165, 1.54) is 6.07 Å². The minimum atomic E-state index is -0.205. The number of nitrogens with zero attached hydrogens (tertiary/aromatic N) is 1. The Bertz CT molecular complexity index is 651. The largest absolute Gasteiger partial charge is 0.395 e. The fourth-order valence-corrected chi connectivity index (χ4v) is 2.97. The third-order valence-corrected chi connectivity index (χ3v) is 3.93. The first kappa shape index (κ1) is 14.0. The van der Waals surface area contributed by atoms with Gasteiger partial charge in [0, 0.05) is 18.8 Å². The minimum Gasteiger partial charge on any atom is -0.395 e. The maximum atomic E-state index is 13.3. The maximum absolute atomic E-state index is 13.3. The summed E-state index contributed by atoms with van der Waals surface area (Å²) < 4.78 is 13.3. The van der Waals surface area contributed by atoms with Gasteiger partial charge >= 0.3 is 0 Å². The smallest absolute Gasteiger partial charge is 0.123 e. The van der Waals surface area contributed by atoms with E-state index in [1.807, 2.05) is 23.1 Å². The van der Waals surface area contributed by atoms with Crippen LogP contribution in [-0.2, 0) is 6.42 Å². The van der Waals surface area contributed by atoms with Crippen LogP contribution in [0.2, 0.25) is 0 Å². The number of hydrogen-bond donors (Lipinski definition) is 2. The predicted octanol–water partition coefficient (Wildman–Crippen LogP) is 2.19. The Morgan fingerprint density at radius 1 is 0.905 bits per heavy atom. The predicted molar refractivity (Wildman–Crippen MR) is 81.0 cm³/mol. The summed E-state index contributed by atoms with van der Waals surface area (Å²) >= 11 is 0. The van der Waals surface area contributed by atoms with E-state index in [1.54, 1.807) is 6.07 Å². The molecule has 0 amide bonds. The molecule has 2 aromatic carbocycles. The average molecular weight is 287 g/mol. The van der Waals surface area contributed by atoms with E-state index >= 15 is 0 Å². The standard InChI is InChI=1S/C17H18FNO2/c18-14-1-3-16-12(10-14)9-13-11-15(2-4-17(13)16)19(5-7-20)6-8-21/h1-4,10-11,20-21H,5-9H2. The van der Waals surface area contributed by atoms with E-state index in [9.17, 15) is 4.39 Å². The summed E-state index contributed by atoms with van der Waals surface area (Å²) in [4.78, 5) is 1.95. The van der Waals surface area contributed by atoms with Gasteiger partial charge in [-0.05, 0) is 52.9 Å². The van der Waals surface area contributed by atoms with Gasteiger partial charge in [0.05, 0.1) is 13.2 Å². The fraction of sp³-hybridized carbons (Fsp3) is 0.294. The minimum absolute atomic E-state index is 0.0442. The highest BCUT2D eigenvalue weighted by atomic mass is 19.1. The lowest BCUT2D eigenvalue weighted by atomic mass is 10.1. The van der Waals surface area contributed by atoms with Crippen molar-refractivity contribution in [1.29, 1.82) is 0 Å². The lowest BCUT2D eigenvalue weighted by molar-refractivity contribution is 0.281. The summed E-state index contributed by atoms with van der Waals surface area (Å²) in [6, 6.07) is 11.0. The molecule has 0 saturated heterocycles. The van der Waals surface area contributed by atoms with Crippen LogP contribution in [0.15, 0.2) is 36.4 Å². The number of benzene rings is 2. The van der Waals surface area contributed by atoms with Crippen molar-refractivity contribution >= 4 is 5.69 Å². The second-order valence-electron chi connectivity index (χ2n) is 5.25. The van der Waals surface area contributed by atoms with E-state index in [4.69, 9.17) is 10.2 Å². The Morgan fingerprint density at radius 2 is 1.52 bits per heavy atom. The van der Waals surface area contributed by atoms with Crippen molar-refractivity contribution in [2.75, 3.05) is 31.2 Å². The summed E-state index contributed by atoms with van der Waals surface area (Å²) in [6.07, 6.45) is 0.725. The average Bonchev–Trinajstić information content (AvgIpc) is 2.83. The van der Waals surface area contributed by atoms with Gasteiger partial charge in [0.15, 0.2) is 0 Å². The second-order valence-corrected chi connectivity index (χ2v) is 5.25. The molecule has 0 fully saturated rings. The summed E-state index contributed by atoms with van der Waals surface area (Å²) in [5, 5.41) is 18.3. The zero-order valence-electron chi connectivity index (χ0n) is 11.7. The van der Waals surface area contributed by atoms with E-state index < -0.39 is 0 Å². The Balaban J connectivity index is 1.94. The zero-order chi connectivity index (χ0) is 14.8. The number of aliphatic hydroxyl groups excluding tert-OH is 2. The summed E-state index contributed by atoms with van der Waals surface area (Å²) in [5.41, 5.74) is 5.38. The van der Waals surface area contributed by atoms with Gasteiger partial charge in [0.2, 0.25) is 0 Å². The first-order valence-corrected chi connectivity index (χ1v) is 7.11. The number of rotatable bonds is 5. The van der Waals surface area contributed by atoms with Crippen LogP contribution < -0.4 is 4.90 Å². The van der Waals surface area contributed by atoms with Crippen LogP contribution in [0.4, 0.5) is 10.1 Å². The first-order chi connectivity index (χ1) is 10.2. The van der Waals surface area contributed by atoms with Gasteiger partial charge in [-0.15, -0.1) is 0 Å². The van der Waals surface area contributed by atoms with Crippen molar-refractivity contribution in [3.05, 3.63) is 53.3 Å². The molecule has 0 radical (unpaired) electrons. The van der Waals surface area contributed by atoms with Crippen molar-refractivity contribution in [3.8, 4) is 11.1 Å². The number of fused-ring (bicyclic) bond motifs is 3. The molecule has 0 heterocycles. The third kappa shape index (κ3) is 2.64. The molecule has 0 saturated carbocycles. The van der Waals surface area contributed by atoms with Gasteiger partial charge in [-0.25, -0.2) is 4.39 Å². The van der Waals surface area contributed by atoms with E-state index in [0.29, 0.717) is 13.1 Å². The molecule has 0 atom stereocenters. The van der Waals surface area contributed by atoms with Gasteiger partial charge in [0.1, 0.15) is 5.82 Å². The van der Waals surface area contributed by atoms with Crippen molar-refractivity contribution < 1.29 is 14.6 Å². The van der Waals surface area contributed by atoms with Gasteiger partial charge in [-0.1, -0.05) is 12.1 Å². The molecule has 1 aliphatic carbocycles. The summed E-state index contributed by atoms with van der Waals surface area (Å²) in [6.45, 7) is 1.06. The molecule has 110 valence electrons. The first-order valence-electron chi connectivity index (χ1n) is 7.11. The van der Waals surface area contributed by atoms with Crippen LogP contribution in [-0.4, -0.2) is 36.5 Å². The van der Waals surface area contributed by atoms with Gasteiger partial charge in [-0.2, -0.15) is 0 Å². The maximum Gasteiger partial charge on any atom is 0.123 e. The third-order valence-electron chi connectivity index (χ3n) is 3.93. The van der Waals surface area contributed by atoms with Crippen molar-refractivity contribution in [1.82, 2.24) is 0 Å². The van der Waals surface area contributed by atoms with E-state index in [-0.39, 0.29) is 19.0 Å². The number of halogens is 1. The molecule has 2 aromatic rings. The molecule has 0 aromatic heterocycles. The van der Waals surface area contributed by atoms with Crippen LogP contribution in [0, 0.1) is 5.82 Å². The molecule has 0 bridgehead atoms. The van der Waals surface area contributed by atoms with E-state index in [0.717, 1.165) is 34.4 Å². The van der Waals surface area contributed by atoms with Gasteiger partial charge in [0.25, 0.3) is 0 Å². The quantitative estimate of drug-likeness (QED) is 0.756.